The van der Waals surface area contributed by atoms with Gasteiger partial charge >= 0.3 is 0 Å². The molecule has 0 aromatic carbocycles. The average molecular weight is 295 g/mol. The average Bonchev–Trinajstić information content (AvgIpc) is 2.37. The molecule has 1 rings (SSSR count). The molecule has 5 heteroatoms. The molecule has 4 nitrogen and oxygen atoms in total. The summed E-state index contributed by atoms with van der Waals surface area (Å²) in [5.41, 5.74) is 6.41. The van der Waals surface area contributed by atoms with Gasteiger partial charge in [-0.05, 0) is 31.4 Å². The van der Waals surface area contributed by atoms with Crippen molar-refractivity contribution in [1.29, 1.82) is 0 Å². The molecule has 0 saturated carbocycles. The van der Waals surface area contributed by atoms with Crippen LogP contribution in [0.15, 0.2) is 23.4 Å². The second-order valence-corrected chi connectivity index (χ2v) is 6.44. The summed E-state index contributed by atoms with van der Waals surface area (Å²) in [6.45, 7) is 6.49. The second kappa shape index (κ2) is 8.84. The summed E-state index contributed by atoms with van der Waals surface area (Å²) in [5, 5.41) is 3.73. The first kappa shape index (κ1) is 16.8. The highest BCUT2D eigenvalue weighted by Gasteiger charge is 2.09. The van der Waals surface area contributed by atoms with E-state index in [2.05, 4.69) is 31.1 Å². The van der Waals surface area contributed by atoms with Crippen molar-refractivity contribution < 1.29 is 4.79 Å². The monoisotopic (exact) mass is 295 g/mol. The quantitative estimate of drug-likeness (QED) is 0.723. The van der Waals surface area contributed by atoms with Crippen molar-refractivity contribution in [3.8, 4) is 0 Å². The molecule has 20 heavy (non-hydrogen) atoms. The number of carbonyl (C=O) groups is 1. The number of pyridine rings is 1. The number of rotatable bonds is 8. The molecule has 112 valence electrons. The van der Waals surface area contributed by atoms with E-state index in [1.807, 2.05) is 0 Å². The van der Waals surface area contributed by atoms with Crippen molar-refractivity contribution in [3.05, 3.63) is 18.3 Å². The lowest BCUT2D eigenvalue weighted by molar-refractivity contribution is -0.119. The van der Waals surface area contributed by atoms with Crippen molar-refractivity contribution in [2.75, 3.05) is 11.5 Å². The van der Waals surface area contributed by atoms with Crippen LogP contribution in [0.3, 0.4) is 0 Å². The van der Waals surface area contributed by atoms with Crippen LogP contribution in [0.25, 0.3) is 0 Å². The Morgan fingerprint density at radius 3 is 2.80 bits per heavy atom. The van der Waals surface area contributed by atoms with E-state index in [9.17, 15) is 4.79 Å². The first-order chi connectivity index (χ1) is 9.49. The molecule has 0 aliphatic rings. The lowest BCUT2D eigenvalue weighted by atomic mass is 10.0. The van der Waals surface area contributed by atoms with E-state index in [4.69, 9.17) is 5.73 Å². The van der Waals surface area contributed by atoms with Gasteiger partial charge in [-0.25, -0.2) is 4.98 Å². The SMILES string of the molecule is CC(C)CCCC(C)NC(=O)CSc1ncccc1N. The van der Waals surface area contributed by atoms with Gasteiger partial charge in [-0.2, -0.15) is 0 Å². The van der Waals surface area contributed by atoms with Crippen LogP contribution in [0.5, 0.6) is 0 Å². The van der Waals surface area contributed by atoms with Gasteiger partial charge < -0.3 is 11.1 Å². The third kappa shape index (κ3) is 6.80. The number of anilines is 1. The normalized spacial score (nSPS) is 12.4. The fourth-order valence-corrected chi connectivity index (χ4v) is 2.60. The van der Waals surface area contributed by atoms with Crippen LogP contribution in [-0.4, -0.2) is 22.7 Å². The largest absolute Gasteiger partial charge is 0.397 e. The Morgan fingerprint density at radius 2 is 2.15 bits per heavy atom. The molecule has 0 bridgehead atoms. The Morgan fingerprint density at radius 1 is 1.40 bits per heavy atom. The minimum Gasteiger partial charge on any atom is -0.397 e. The molecule has 0 aliphatic carbocycles. The zero-order chi connectivity index (χ0) is 15.0. The molecule has 1 atom stereocenters. The van der Waals surface area contributed by atoms with Gasteiger partial charge in [0.05, 0.1) is 11.4 Å². The summed E-state index contributed by atoms with van der Waals surface area (Å²) in [6, 6.07) is 3.81. The second-order valence-electron chi connectivity index (χ2n) is 5.48. The molecule has 3 N–H and O–H groups in total. The van der Waals surface area contributed by atoms with Crippen LogP contribution in [-0.2, 0) is 4.79 Å². The molecule has 1 unspecified atom stereocenters. The molecule has 0 spiro atoms. The van der Waals surface area contributed by atoms with Crippen molar-refractivity contribution in [3.63, 3.8) is 0 Å². The zero-order valence-corrected chi connectivity index (χ0v) is 13.4. The molecule has 0 saturated heterocycles. The summed E-state index contributed by atoms with van der Waals surface area (Å²) >= 11 is 1.38. The predicted molar refractivity (Wildman–Crippen MR) is 85.7 cm³/mol. The number of nitrogens with two attached hydrogens (primary N) is 1. The molecule has 1 amide bonds. The van der Waals surface area contributed by atoms with E-state index in [0.29, 0.717) is 11.4 Å². The van der Waals surface area contributed by atoms with Crippen LogP contribution < -0.4 is 11.1 Å². The van der Waals surface area contributed by atoms with Crippen LogP contribution in [0, 0.1) is 5.92 Å². The fourth-order valence-electron chi connectivity index (χ4n) is 1.88. The van der Waals surface area contributed by atoms with Crippen LogP contribution >= 0.6 is 11.8 Å². The minimum absolute atomic E-state index is 0.0390. The molecular weight excluding hydrogens is 270 g/mol. The number of amides is 1. The van der Waals surface area contributed by atoms with E-state index in [1.165, 1.54) is 18.2 Å². The standard InChI is InChI=1S/C15H25N3OS/c1-11(2)6-4-7-12(3)18-14(19)10-20-15-13(16)8-5-9-17-15/h5,8-9,11-12H,4,6-7,10,16H2,1-3H3,(H,18,19). The van der Waals surface area contributed by atoms with Gasteiger partial charge in [-0.3, -0.25) is 4.79 Å². The first-order valence-corrected chi connectivity index (χ1v) is 8.10. The molecule has 1 aromatic rings. The zero-order valence-electron chi connectivity index (χ0n) is 12.6. The minimum atomic E-state index is 0.0390. The van der Waals surface area contributed by atoms with Gasteiger partial charge in [0.2, 0.25) is 5.91 Å². The van der Waals surface area contributed by atoms with E-state index in [-0.39, 0.29) is 11.9 Å². The maximum absolute atomic E-state index is 11.8. The number of nitrogens with zero attached hydrogens (tertiary/aromatic N) is 1. The molecule has 0 fully saturated rings. The first-order valence-electron chi connectivity index (χ1n) is 7.11. The van der Waals surface area contributed by atoms with Gasteiger partial charge in [0.25, 0.3) is 0 Å². The number of carbonyl (C=O) groups excluding carboxylic acids is 1. The summed E-state index contributed by atoms with van der Waals surface area (Å²) in [7, 11) is 0. The molecule has 0 aliphatic heterocycles. The maximum Gasteiger partial charge on any atom is 0.230 e. The van der Waals surface area contributed by atoms with Gasteiger partial charge in [0, 0.05) is 12.2 Å². The molecule has 1 heterocycles. The Kier molecular flexibility index (Phi) is 7.44. The predicted octanol–water partition coefficient (Wildman–Crippen LogP) is 3.09. The van der Waals surface area contributed by atoms with Crippen molar-refractivity contribution in [1.82, 2.24) is 10.3 Å². The lowest BCUT2D eigenvalue weighted by Gasteiger charge is -2.14. The van der Waals surface area contributed by atoms with E-state index in [0.717, 1.165) is 23.8 Å². The number of hydrogen-bond acceptors (Lipinski definition) is 4. The number of nitrogens with one attached hydrogen (secondary N) is 1. The van der Waals surface area contributed by atoms with Crippen molar-refractivity contribution in [2.24, 2.45) is 5.92 Å². The summed E-state index contributed by atoms with van der Waals surface area (Å²) in [4.78, 5) is 16.0. The summed E-state index contributed by atoms with van der Waals surface area (Å²) in [6.07, 6.45) is 5.07. The third-order valence-corrected chi connectivity index (χ3v) is 3.99. The Bertz CT molecular complexity index is 423. The Labute approximate surface area is 125 Å². The Balaban J connectivity index is 2.24. The van der Waals surface area contributed by atoms with Crippen LogP contribution in [0.1, 0.15) is 40.0 Å². The number of hydrogen-bond donors (Lipinski definition) is 2. The Hall–Kier alpha value is -1.23. The van der Waals surface area contributed by atoms with E-state index < -0.39 is 0 Å². The topological polar surface area (TPSA) is 68.0 Å². The number of thioether (sulfide) groups is 1. The molecule has 1 aromatic heterocycles. The van der Waals surface area contributed by atoms with Gasteiger partial charge in [-0.15, -0.1) is 0 Å². The number of nitrogen functional groups attached to an aromatic ring is 1. The van der Waals surface area contributed by atoms with Crippen LogP contribution in [0.4, 0.5) is 5.69 Å². The summed E-state index contributed by atoms with van der Waals surface area (Å²) in [5.74, 6) is 1.12. The van der Waals surface area contributed by atoms with Crippen LogP contribution in [0.2, 0.25) is 0 Å². The van der Waals surface area contributed by atoms with Crippen molar-refractivity contribution >= 4 is 23.4 Å². The lowest BCUT2D eigenvalue weighted by Crippen LogP contribution is -2.33. The molecular formula is C15H25N3OS. The van der Waals surface area contributed by atoms with Crippen molar-refractivity contribution in [2.45, 2.75) is 51.1 Å². The highest BCUT2D eigenvalue weighted by molar-refractivity contribution is 8.00. The van der Waals surface area contributed by atoms with E-state index in [1.54, 1.807) is 18.3 Å². The summed E-state index contributed by atoms with van der Waals surface area (Å²) < 4.78 is 0. The number of aromatic nitrogens is 1. The smallest absolute Gasteiger partial charge is 0.230 e. The van der Waals surface area contributed by atoms with Gasteiger partial charge in [0.1, 0.15) is 5.03 Å². The fraction of sp³-hybridized carbons (Fsp3) is 0.600. The highest BCUT2D eigenvalue weighted by Crippen LogP contribution is 2.21. The third-order valence-electron chi connectivity index (χ3n) is 2.97. The van der Waals surface area contributed by atoms with Gasteiger partial charge in [-0.1, -0.05) is 38.5 Å². The maximum atomic E-state index is 11.8. The highest BCUT2D eigenvalue weighted by atomic mass is 32.2. The van der Waals surface area contributed by atoms with Gasteiger partial charge in [0.15, 0.2) is 0 Å². The molecule has 0 radical (unpaired) electrons. The van der Waals surface area contributed by atoms with E-state index >= 15 is 0 Å².